The lowest BCUT2D eigenvalue weighted by molar-refractivity contribution is 0.794. The smallest absolute Gasteiger partial charge is 0.111 e. The SMILES string of the molecule is Cc1nc2ccccc2n1-c1ccc(-c2ccc3c(c2)C2(c4ccccc4-c4ccccc42)c2cc(-c4cccc5ccccc45)ccc2-3)cc1. The molecule has 0 bridgehead atoms. The van der Waals surface area contributed by atoms with E-state index < -0.39 is 5.41 Å². The zero-order valence-corrected chi connectivity index (χ0v) is 28.1. The molecule has 0 amide bonds. The second-order valence-electron chi connectivity index (χ2n) is 13.9. The molecular formula is C49H32N2. The summed E-state index contributed by atoms with van der Waals surface area (Å²) in [5, 5.41) is 2.54. The molecule has 0 aliphatic heterocycles. The number of fused-ring (bicyclic) bond motifs is 12. The number of imidazole rings is 1. The fraction of sp³-hybridized carbons (Fsp3) is 0.0408. The summed E-state index contributed by atoms with van der Waals surface area (Å²) in [6.45, 7) is 2.08. The Bertz CT molecular complexity index is 2820. The Morgan fingerprint density at radius 3 is 1.75 bits per heavy atom. The second-order valence-corrected chi connectivity index (χ2v) is 13.9. The van der Waals surface area contributed by atoms with E-state index in [9.17, 15) is 0 Å². The molecule has 0 fully saturated rings. The molecule has 11 rings (SSSR count). The highest BCUT2D eigenvalue weighted by atomic mass is 15.1. The van der Waals surface area contributed by atoms with Crippen LogP contribution in [0.2, 0.25) is 0 Å². The Labute approximate surface area is 296 Å². The maximum absolute atomic E-state index is 4.81. The van der Waals surface area contributed by atoms with Crippen LogP contribution in [0.25, 0.3) is 72.0 Å². The molecule has 0 N–H and O–H groups in total. The largest absolute Gasteiger partial charge is 0.297 e. The highest BCUT2D eigenvalue weighted by Gasteiger charge is 2.51. The standard InChI is InChI=1S/C49H32N2/c1-31-50-47-19-8-9-20-48(47)51(31)36-25-21-32(22-26-36)34-23-27-41-42-28-24-35(38-16-10-12-33-11-2-3-13-37(33)38)30-46(42)49(45(41)29-34)43-17-6-4-14-39(43)40-15-5-7-18-44(40)49/h2-30H,1H3. The van der Waals surface area contributed by atoms with E-state index in [2.05, 4.69) is 181 Å². The molecule has 2 nitrogen and oxygen atoms in total. The van der Waals surface area contributed by atoms with Crippen molar-refractivity contribution >= 4 is 21.8 Å². The van der Waals surface area contributed by atoms with Gasteiger partial charge in [0.25, 0.3) is 0 Å². The van der Waals surface area contributed by atoms with Crippen LogP contribution in [0, 0.1) is 6.92 Å². The van der Waals surface area contributed by atoms with Gasteiger partial charge >= 0.3 is 0 Å². The van der Waals surface area contributed by atoms with Crippen molar-refractivity contribution in [1.82, 2.24) is 9.55 Å². The van der Waals surface area contributed by atoms with E-state index in [0.29, 0.717) is 0 Å². The molecule has 0 saturated heterocycles. The molecule has 0 radical (unpaired) electrons. The fourth-order valence-electron chi connectivity index (χ4n) is 9.24. The van der Waals surface area contributed by atoms with Crippen molar-refractivity contribution in [2.45, 2.75) is 12.3 Å². The number of hydrogen-bond acceptors (Lipinski definition) is 1. The predicted octanol–water partition coefficient (Wildman–Crippen LogP) is 12.2. The van der Waals surface area contributed by atoms with Gasteiger partial charge in [-0.05, 0) is 121 Å². The minimum Gasteiger partial charge on any atom is -0.297 e. The molecule has 0 saturated carbocycles. The number of hydrogen-bond donors (Lipinski definition) is 0. The molecule has 0 unspecified atom stereocenters. The van der Waals surface area contributed by atoms with Gasteiger partial charge in [-0.25, -0.2) is 4.98 Å². The fourth-order valence-corrected chi connectivity index (χ4v) is 9.24. The molecule has 51 heavy (non-hydrogen) atoms. The maximum Gasteiger partial charge on any atom is 0.111 e. The second kappa shape index (κ2) is 10.5. The van der Waals surface area contributed by atoms with Crippen molar-refractivity contribution < 1.29 is 0 Å². The van der Waals surface area contributed by atoms with E-state index in [1.807, 2.05) is 6.07 Å². The first kappa shape index (κ1) is 28.3. The monoisotopic (exact) mass is 648 g/mol. The number of rotatable bonds is 3. The van der Waals surface area contributed by atoms with Gasteiger partial charge < -0.3 is 0 Å². The lowest BCUT2D eigenvalue weighted by atomic mass is 9.70. The summed E-state index contributed by atoms with van der Waals surface area (Å²) in [7, 11) is 0. The number of nitrogens with zero attached hydrogens (tertiary/aromatic N) is 2. The quantitative estimate of drug-likeness (QED) is 0.186. The lowest BCUT2D eigenvalue weighted by Crippen LogP contribution is -2.26. The van der Waals surface area contributed by atoms with Gasteiger partial charge in [0.05, 0.1) is 16.4 Å². The summed E-state index contributed by atoms with van der Waals surface area (Å²) in [5.41, 5.74) is 18.4. The van der Waals surface area contributed by atoms with Crippen LogP contribution in [0.5, 0.6) is 0 Å². The van der Waals surface area contributed by atoms with Crippen molar-refractivity contribution in [3.8, 4) is 50.2 Å². The molecule has 0 atom stereocenters. The summed E-state index contributed by atoms with van der Waals surface area (Å²) in [4.78, 5) is 4.81. The van der Waals surface area contributed by atoms with Crippen LogP contribution in [0.15, 0.2) is 176 Å². The topological polar surface area (TPSA) is 17.8 Å². The average molecular weight is 649 g/mol. The number of aryl methyl sites for hydroxylation is 1. The van der Waals surface area contributed by atoms with Crippen molar-refractivity contribution in [3.05, 3.63) is 204 Å². The van der Waals surface area contributed by atoms with Gasteiger partial charge in [0.15, 0.2) is 0 Å². The normalized spacial score (nSPS) is 13.4. The summed E-state index contributed by atoms with van der Waals surface area (Å²) >= 11 is 0. The molecule has 1 heterocycles. The first-order chi connectivity index (χ1) is 25.2. The highest BCUT2D eigenvalue weighted by Crippen LogP contribution is 2.63. The molecule has 2 aliphatic rings. The van der Waals surface area contributed by atoms with E-state index in [-0.39, 0.29) is 0 Å². The molecule has 9 aromatic rings. The van der Waals surface area contributed by atoms with Crippen LogP contribution >= 0.6 is 0 Å². The van der Waals surface area contributed by atoms with E-state index in [1.54, 1.807) is 0 Å². The van der Waals surface area contributed by atoms with Crippen LogP contribution in [-0.2, 0) is 5.41 Å². The van der Waals surface area contributed by atoms with Gasteiger partial charge in [-0.15, -0.1) is 0 Å². The Morgan fingerprint density at radius 1 is 0.431 bits per heavy atom. The average Bonchev–Trinajstić information content (AvgIpc) is 3.80. The van der Waals surface area contributed by atoms with E-state index in [4.69, 9.17) is 4.98 Å². The van der Waals surface area contributed by atoms with Gasteiger partial charge in [0.1, 0.15) is 5.82 Å². The summed E-state index contributed by atoms with van der Waals surface area (Å²) in [6, 6.07) is 65.1. The van der Waals surface area contributed by atoms with Crippen LogP contribution < -0.4 is 0 Å². The zero-order valence-electron chi connectivity index (χ0n) is 28.1. The summed E-state index contributed by atoms with van der Waals surface area (Å²) in [6.07, 6.45) is 0. The number of benzene rings is 8. The van der Waals surface area contributed by atoms with Crippen molar-refractivity contribution in [2.24, 2.45) is 0 Å². The molecule has 2 aliphatic carbocycles. The van der Waals surface area contributed by atoms with E-state index >= 15 is 0 Å². The molecule has 1 spiro atoms. The summed E-state index contributed by atoms with van der Waals surface area (Å²) < 4.78 is 2.24. The maximum atomic E-state index is 4.81. The molecule has 1 aromatic heterocycles. The van der Waals surface area contributed by atoms with Gasteiger partial charge in [-0.1, -0.05) is 140 Å². The molecule has 8 aromatic carbocycles. The van der Waals surface area contributed by atoms with Crippen LogP contribution in [0.4, 0.5) is 0 Å². The minimum atomic E-state index is -0.429. The van der Waals surface area contributed by atoms with Crippen LogP contribution in [0.1, 0.15) is 28.1 Å². The van der Waals surface area contributed by atoms with E-state index in [1.165, 1.54) is 77.5 Å². The minimum absolute atomic E-state index is 0.429. The Hall–Kier alpha value is -6.51. The van der Waals surface area contributed by atoms with Gasteiger partial charge in [0, 0.05) is 5.69 Å². The van der Waals surface area contributed by atoms with Gasteiger partial charge in [-0.3, -0.25) is 4.57 Å². The Kier molecular flexibility index (Phi) is 5.83. The molecule has 238 valence electrons. The highest BCUT2D eigenvalue weighted by molar-refractivity contribution is 6.00. The van der Waals surface area contributed by atoms with Crippen LogP contribution in [0.3, 0.4) is 0 Å². The number of para-hydroxylation sites is 2. The third-order valence-electron chi connectivity index (χ3n) is 11.4. The Morgan fingerprint density at radius 2 is 0.980 bits per heavy atom. The van der Waals surface area contributed by atoms with Gasteiger partial charge in [-0.2, -0.15) is 0 Å². The molecule has 2 heteroatoms. The number of aromatic nitrogens is 2. The zero-order chi connectivity index (χ0) is 33.7. The first-order valence-corrected chi connectivity index (χ1v) is 17.7. The van der Waals surface area contributed by atoms with Crippen molar-refractivity contribution in [3.63, 3.8) is 0 Å². The third kappa shape index (κ3) is 3.85. The third-order valence-corrected chi connectivity index (χ3v) is 11.4. The van der Waals surface area contributed by atoms with Crippen LogP contribution in [-0.4, -0.2) is 9.55 Å². The summed E-state index contributed by atoms with van der Waals surface area (Å²) in [5.74, 6) is 0.989. The van der Waals surface area contributed by atoms with Crippen molar-refractivity contribution in [1.29, 1.82) is 0 Å². The lowest BCUT2D eigenvalue weighted by Gasteiger charge is -2.31. The first-order valence-electron chi connectivity index (χ1n) is 17.7. The van der Waals surface area contributed by atoms with Crippen molar-refractivity contribution in [2.75, 3.05) is 0 Å². The molecular weight excluding hydrogens is 617 g/mol. The van der Waals surface area contributed by atoms with E-state index in [0.717, 1.165) is 22.5 Å². The predicted molar refractivity (Wildman–Crippen MR) is 210 cm³/mol. The Balaban J connectivity index is 1.13. The van der Waals surface area contributed by atoms with Gasteiger partial charge in [0.2, 0.25) is 0 Å².